The molecule has 1 aliphatic rings. The molecule has 26 heavy (non-hydrogen) atoms. The summed E-state index contributed by atoms with van der Waals surface area (Å²) in [7, 11) is 0. The number of carbonyl (C=O) groups is 1. The van der Waals surface area contributed by atoms with Crippen LogP contribution >= 0.6 is 11.6 Å². The van der Waals surface area contributed by atoms with Crippen LogP contribution in [-0.4, -0.2) is 38.8 Å². The van der Waals surface area contributed by atoms with Gasteiger partial charge in [0.2, 0.25) is 0 Å². The molecule has 2 aromatic heterocycles. The summed E-state index contributed by atoms with van der Waals surface area (Å²) < 4.78 is 10.4. The molecule has 1 aromatic carbocycles. The minimum absolute atomic E-state index is 0.171. The third-order valence-electron chi connectivity index (χ3n) is 4.10. The van der Waals surface area contributed by atoms with Crippen LogP contribution in [0.1, 0.15) is 21.7 Å². The van der Waals surface area contributed by atoms with E-state index in [-0.39, 0.29) is 17.7 Å². The van der Waals surface area contributed by atoms with Crippen LogP contribution in [0, 0.1) is 6.92 Å². The number of carbonyl (C=O) groups excluding carboxylic acids is 1. The SMILES string of the molecule is Cc1nonc1C(=O)NC[C@H]1Cc2cc(-c3cncnc3)cc(Cl)c2O1. The number of fused-ring (bicyclic) bond motifs is 1. The second-order valence-electron chi connectivity index (χ2n) is 5.93. The number of hydrogen-bond acceptors (Lipinski definition) is 7. The van der Waals surface area contributed by atoms with Gasteiger partial charge in [-0.25, -0.2) is 14.6 Å². The van der Waals surface area contributed by atoms with Gasteiger partial charge in [-0.15, -0.1) is 0 Å². The Balaban J connectivity index is 1.46. The second-order valence-corrected chi connectivity index (χ2v) is 6.33. The molecule has 0 saturated carbocycles. The Morgan fingerprint density at radius 3 is 2.81 bits per heavy atom. The topological polar surface area (TPSA) is 103 Å². The Morgan fingerprint density at radius 1 is 1.27 bits per heavy atom. The van der Waals surface area contributed by atoms with E-state index in [1.807, 2.05) is 12.1 Å². The van der Waals surface area contributed by atoms with Gasteiger partial charge in [0.25, 0.3) is 5.91 Å². The lowest BCUT2D eigenvalue weighted by atomic mass is 10.0. The Labute approximate surface area is 153 Å². The minimum Gasteiger partial charge on any atom is -0.486 e. The normalized spacial score (nSPS) is 15.4. The first kappa shape index (κ1) is 16.5. The van der Waals surface area contributed by atoms with Gasteiger partial charge in [-0.1, -0.05) is 16.8 Å². The molecular weight excluding hydrogens is 358 g/mol. The second kappa shape index (κ2) is 6.72. The first-order valence-corrected chi connectivity index (χ1v) is 8.31. The molecule has 4 rings (SSSR count). The fourth-order valence-corrected chi connectivity index (χ4v) is 3.13. The highest BCUT2D eigenvalue weighted by Gasteiger charge is 2.27. The molecule has 0 unspecified atom stereocenters. The summed E-state index contributed by atoms with van der Waals surface area (Å²) in [5.41, 5.74) is 3.39. The fraction of sp³-hybridized carbons (Fsp3) is 0.235. The standard InChI is InChI=1S/C17H14ClN5O3/c1-9-15(23-26-22-9)17(24)21-7-13-3-11-2-10(4-14(18)16(11)25-13)12-5-19-8-20-6-12/h2,4-6,8,13H,3,7H2,1H3,(H,21,24)/t13-/m1/s1. The number of benzene rings is 1. The van der Waals surface area contributed by atoms with Crippen molar-refractivity contribution in [3.05, 3.63) is 52.8 Å². The van der Waals surface area contributed by atoms with Crippen LogP contribution in [0.3, 0.4) is 0 Å². The van der Waals surface area contributed by atoms with Gasteiger partial charge < -0.3 is 10.1 Å². The van der Waals surface area contributed by atoms with Crippen LogP contribution in [0.5, 0.6) is 5.75 Å². The summed E-state index contributed by atoms with van der Waals surface area (Å²) in [6.45, 7) is 1.97. The molecule has 0 radical (unpaired) electrons. The number of nitrogens with zero attached hydrogens (tertiary/aromatic N) is 4. The zero-order valence-electron chi connectivity index (χ0n) is 13.8. The number of aryl methyl sites for hydroxylation is 1. The van der Waals surface area contributed by atoms with Gasteiger partial charge in [-0.3, -0.25) is 4.79 Å². The van der Waals surface area contributed by atoms with E-state index in [4.69, 9.17) is 16.3 Å². The van der Waals surface area contributed by atoms with Gasteiger partial charge in [0, 0.05) is 29.9 Å². The Hall–Kier alpha value is -3.00. The van der Waals surface area contributed by atoms with Gasteiger partial charge in [0.1, 0.15) is 23.9 Å². The van der Waals surface area contributed by atoms with Gasteiger partial charge in [-0.2, -0.15) is 0 Å². The van der Waals surface area contributed by atoms with Gasteiger partial charge in [-0.05, 0) is 29.8 Å². The highest BCUT2D eigenvalue weighted by atomic mass is 35.5. The fourth-order valence-electron chi connectivity index (χ4n) is 2.84. The Bertz CT molecular complexity index is 960. The zero-order chi connectivity index (χ0) is 18.1. The summed E-state index contributed by atoms with van der Waals surface area (Å²) in [6, 6.07) is 3.83. The summed E-state index contributed by atoms with van der Waals surface area (Å²) >= 11 is 6.37. The quantitative estimate of drug-likeness (QED) is 0.749. The maximum Gasteiger partial charge on any atom is 0.275 e. The molecule has 0 bridgehead atoms. The minimum atomic E-state index is -0.350. The molecule has 3 heterocycles. The van der Waals surface area contributed by atoms with Crippen molar-refractivity contribution in [1.82, 2.24) is 25.6 Å². The monoisotopic (exact) mass is 371 g/mol. The van der Waals surface area contributed by atoms with Crippen molar-refractivity contribution in [3.63, 3.8) is 0 Å². The van der Waals surface area contributed by atoms with E-state index in [1.54, 1.807) is 19.3 Å². The van der Waals surface area contributed by atoms with Gasteiger partial charge in [0.15, 0.2) is 5.69 Å². The van der Waals surface area contributed by atoms with Gasteiger partial charge in [0.05, 0.1) is 11.6 Å². The van der Waals surface area contributed by atoms with Crippen molar-refractivity contribution in [3.8, 4) is 16.9 Å². The molecule has 3 aromatic rings. The van der Waals surface area contributed by atoms with E-state index < -0.39 is 0 Å². The lowest BCUT2D eigenvalue weighted by Crippen LogP contribution is -2.34. The van der Waals surface area contributed by atoms with Crippen molar-refractivity contribution in [1.29, 1.82) is 0 Å². The number of nitrogens with one attached hydrogen (secondary N) is 1. The molecule has 9 heteroatoms. The molecular formula is C17H14ClN5O3. The Kier molecular flexibility index (Phi) is 4.26. The highest BCUT2D eigenvalue weighted by Crippen LogP contribution is 2.39. The van der Waals surface area contributed by atoms with Crippen molar-refractivity contribution in [2.24, 2.45) is 0 Å². The molecule has 1 aliphatic heterocycles. The molecule has 0 fully saturated rings. The predicted molar refractivity (Wildman–Crippen MR) is 92.0 cm³/mol. The van der Waals surface area contributed by atoms with E-state index in [9.17, 15) is 4.79 Å². The molecule has 1 atom stereocenters. The molecule has 132 valence electrons. The van der Waals surface area contributed by atoms with Crippen molar-refractivity contribution >= 4 is 17.5 Å². The number of ether oxygens (including phenoxy) is 1. The predicted octanol–water partition coefficient (Wildman–Crippen LogP) is 2.22. The maximum atomic E-state index is 12.1. The highest BCUT2D eigenvalue weighted by molar-refractivity contribution is 6.32. The van der Waals surface area contributed by atoms with Crippen LogP contribution in [0.15, 0.2) is 35.5 Å². The van der Waals surface area contributed by atoms with Crippen LogP contribution in [-0.2, 0) is 6.42 Å². The summed E-state index contributed by atoms with van der Waals surface area (Å²) in [6.07, 6.45) is 5.35. The molecule has 0 aliphatic carbocycles. The van der Waals surface area contributed by atoms with E-state index in [0.29, 0.717) is 29.4 Å². The van der Waals surface area contributed by atoms with E-state index in [0.717, 1.165) is 16.7 Å². The molecule has 1 amide bonds. The lowest BCUT2D eigenvalue weighted by Gasteiger charge is -2.11. The van der Waals surface area contributed by atoms with Crippen LogP contribution in [0.4, 0.5) is 0 Å². The number of hydrogen-bond donors (Lipinski definition) is 1. The average molecular weight is 372 g/mol. The van der Waals surface area contributed by atoms with E-state index in [2.05, 4.69) is 30.2 Å². The number of aromatic nitrogens is 4. The van der Waals surface area contributed by atoms with E-state index in [1.165, 1.54) is 6.33 Å². The maximum absolute atomic E-state index is 12.1. The molecule has 0 saturated heterocycles. The summed E-state index contributed by atoms with van der Waals surface area (Å²) in [4.78, 5) is 20.1. The molecule has 8 nitrogen and oxygen atoms in total. The number of halogens is 1. The summed E-state index contributed by atoms with van der Waals surface area (Å²) in [5, 5.41) is 10.5. The third-order valence-corrected chi connectivity index (χ3v) is 4.39. The smallest absolute Gasteiger partial charge is 0.275 e. The molecule has 0 spiro atoms. The largest absolute Gasteiger partial charge is 0.486 e. The number of amides is 1. The van der Waals surface area contributed by atoms with Gasteiger partial charge >= 0.3 is 0 Å². The molecule has 1 N–H and O–H groups in total. The number of rotatable bonds is 4. The first-order valence-electron chi connectivity index (χ1n) is 7.93. The van der Waals surface area contributed by atoms with Crippen LogP contribution < -0.4 is 10.1 Å². The third kappa shape index (κ3) is 3.11. The average Bonchev–Trinajstić information content (AvgIpc) is 3.26. The summed E-state index contributed by atoms with van der Waals surface area (Å²) in [5.74, 6) is 0.294. The van der Waals surface area contributed by atoms with Crippen LogP contribution in [0.25, 0.3) is 11.1 Å². The van der Waals surface area contributed by atoms with Crippen molar-refractivity contribution in [2.45, 2.75) is 19.4 Å². The zero-order valence-corrected chi connectivity index (χ0v) is 14.5. The lowest BCUT2D eigenvalue weighted by molar-refractivity contribution is 0.0923. The first-order chi connectivity index (χ1) is 12.6. The van der Waals surface area contributed by atoms with E-state index >= 15 is 0 Å². The van der Waals surface area contributed by atoms with Crippen LogP contribution in [0.2, 0.25) is 5.02 Å². The van der Waals surface area contributed by atoms with Crippen molar-refractivity contribution in [2.75, 3.05) is 6.54 Å². The van der Waals surface area contributed by atoms with Crippen molar-refractivity contribution < 1.29 is 14.2 Å². The Morgan fingerprint density at radius 2 is 2.08 bits per heavy atom.